The molecule has 0 aliphatic rings. The molecular weight excluding hydrogens is 514 g/mol. The van der Waals surface area contributed by atoms with Crippen molar-refractivity contribution < 1.29 is 29.0 Å². The van der Waals surface area contributed by atoms with Crippen LogP contribution in [0.4, 0.5) is 0 Å². The van der Waals surface area contributed by atoms with E-state index in [0.29, 0.717) is 37.4 Å². The predicted molar refractivity (Wildman–Crippen MR) is 140 cm³/mol. The minimum absolute atomic E-state index is 0.172. The molecule has 0 fully saturated rings. The van der Waals surface area contributed by atoms with E-state index < -0.39 is 29.4 Å². The van der Waals surface area contributed by atoms with E-state index in [0.717, 1.165) is 12.0 Å². The Hall–Kier alpha value is -2.09. The predicted octanol–water partition coefficient (Wildman–Crippen LogP) is 5.17. The first-order chi connectivity index (χ1) is 16.4. The van der Waals surface area contributed by atoms with Gasteiger partial charge in [0.2, 0.25) is 5.91 Å². The molecule has 0 heterocycles. The molecule has 1 amide bonds. The first kappa shape index (κ1) is 30.9. The molecular formula is C27H42BrNO6. The van der Waals surface area contributed by atoms with E-state index >= 15 is 0 Å². The Morgan fingerprint density at radius 1 is 1.00 bits per heavy atom. The van der Waals surface area contributed by atoms with Crippen molar-refractivity contribution in [3.63, 3.8) is 0 Å². The van der Waals surface area contributed by atoms with Gasteiger partial charge in [-0.05, 0) is 82.9 Å². The van der Waals surface area contributed by atoms with Gasteiger partial charge in [-0.25, -0.2) is 4.79 Å². The van der Waals surface area contributed by atoms with Crippen molar-refractivity contribution in [3.8, 4) is 5.75 Å². The summed E-state index contributed by atoms with van der Waals surface area (Å²) >= 11 is 3.42. The monoisotopic (exact) mass is 555 g/mol. The Labute approximate surface area is 218 Å². The summed E-state index contributed by atoms with van der Waals surface area (Å²) < 4.78 is 10.6. The summed E-state index contributed by atoms with van der Waals surface area (Å²) in [6, 6.07) is 6.09. The Bertz CT molecular complexity index is 803. The van der Waals surface area contributed by atoms with Crippen LogP contribution >= 0.6 is 15.9 Å². The molecule has 0 unspecified atom stereocenters. The number of phenols is 1. The molecule has 0 aliphatic carbocycles. The van der Waals surface area contributed by atoms with Crippen LogP contribution in [0.25, 0.3) is 0 Å². The number of aromatic hydroxyl groups is 1. The van der Waals surface area contributed by atoms with Crippen LogP contribution in [0, 0.1) is 17.8 Å². The van der Waals surface area contributed by atoms with Crippen molar-refractivity contribution in [1.82, 2.24) is 5.32 Å². The number of alkyl halides is 1. The lowest BCUT2D eigenvalue weighted by atomic mass is 9.81. The molecule has 0 saturated carbocycles. The summed E-state index contributed by atoms with van der Waals surface area (Å²) in [6.45, 7) is 9.45. The number of carbonyl (C=O) groups excluding carboxylic acids is 3. The number of methoxy groups -OCH3 is 1. The van der Waals surface area contributed by atoms with E-state index in [1.54, 1.807) is 12.1 Å². The lowest BCUT2D eigenvalue weighted by Crippen LogP contribution is -2.47. The van der Waals surface area contributed by atoms with Crippen molar-refractivity contribution in [2.45, 2.75) is 84.8 Å². The highest BCUT2D eigenvalue weighted by atomic mass is 79.9. The van der Waals surface area contributed by atoms with E-state index in [4.69, 9.17) is 9.47 Å². The lowest BCUT2D eigenvalue weighted by Gasteiger charge is -2.30. The van der Waals surface area contributed by atoms with Crippen molar-refractivity contribution >= 4 is 33.8 Å². The number of hydrogen-bond acceptors (Lipinski definition) is 6. The molecule has 7 nitrogen and oxygen atoms in total. The number of carbonyl (C=O) groups is 3. The SMILES string of the molecule is COC(=O)[C@H](CCCc1ccc(O)cc1)NC(=O)[C@H](CC(C)C)[C@H](CCCBr)C(=O)OC(C)(C)C. The number of phenolic OH excluding ortho intramolecular Hbond substituents is 1. The second kappa shape index (κ2) is 15.1. The zero-order chi connectivity index (χ0) is 26.6. The summed E-state index contributed by atoms with van der Waals surface area (Å²) in [5, 5.41) is 13.0. The molecule has 0 aromatic heterocycles. The van der Waals surface area contributed by atoms with Crippen LogP contribution in [0.2, 0.25) is 0 Å². The van der Waals surface area contributed by atoms with Gasteiger partial charge in [0.25, 0.3) is 0 Å². The topological polar surface area (TPSA) is 102 Å². The number of esters is 2. The average molecular weight is 557 g/mol. The highest BCUT2D eigenvalue weighted by Crippen LogP contribution is 2.29. The first-order valence-corrected chi connectivity index (χ1v) is 13.4. The number of aryl methyl sites for hydroxylation is 1. The number of rotatable bonds is 14. The second-order valence-corrected chi connectivity index (χ2v) is 11.1. The van der Waals surface area contributed by atoms with E-state index in [-0.39, 0.29) is 23.5 Å². The van der Waals surface area contributed by atoms with E-state index in [2.05, 4.69) is 21.2 Å². The van der Waals surface area contributed by atoms with Gasteiger partial charge in [-0.2, -0.15) is 0 Å². The largest absolute Gasteiger partial charge is 0.508 e. The fourth-order valence-electron chi connectivity index (χ4n) is 3.96. The number of halogens is 1. The van der Waals surface area contributed by atoms with Gasteiger partial charge in [-0.15, -0.1) is 0 Å². The summed E-state index contributed by atoms with van der Waals surface area (Å²) in [4.78, 5) is 39.1. The van der Waals surface area contributed by atoms with Gasteiger partial charge in [-0.3, -0.25) is 9.59 Å². The zero-order valence-corrected chi connectivity index (χ0v) is 23.5. The third kappa shape index (κ3) is 11.9. The van der Waals surface area contributed by atoms with Gasteiger partial charge >= 0.3 is 11.9 Å². The fraction of sp³-hybridized carbons (Fsp3) is 0.667. The molecule has 1 rings (SSSR count). The first-order valence-electron chi connectivity index (χ1n) is 12.3. The Morgan fingerprint density at radius 3 is 2.14 bits per heavy atom. The maximum Gasteiger partial charge on any atom is 0.328 e. The van der Waals surface area contributed by atoms with Crippen molar-refractivity contribution in [2.24, 2.45) is 17.8 Å². The fourth-order valence-corrected chi connectivity index (χ4v) is 4.29. The van der Waals surface area contributed by atoms with Crippen LogP contribution in [-0.2, 0) is 30.3 Å². The number of ether oxygens (including phenoxy) is 2. The maximum absolute atomic E-state index is 13.5. The lowest BCUT2D eigenvalue weighted by molar-refractivity contribution is -0.164. The standard InChI is InChI=1S/C27H42BrNO6/c1-18(2)17-22(21(10-8-16-28)25(32)35-27(3,4)5)24(31)29-23(26(33)34-6)11-7-9-19-12-14-20(30)15-13-19/h12-15,18,21-23,30H,7-11,16-17H2,1-6H3,(H,29,31)/t21-,22+,23-/m0/s1. The molecule has 2 N–H and O–H groups in total. The van der Waals surface area contributed by atoms with Crippen LogP contribution < -0.4 is 5.32 Å². The summed E-state index contributed by atoms with van der Waals surface area (Å²) in [7, 11) is 1.30. The zero-order valence-electron chi connectivity index (χ0n) is 21.9. The Balaban J connectivity index is 3.02. The quantitative estimate of drug-likeness (QED) is 0.242. The number of amides is 1. The van der Waals surface area contributed by atoms with Crippen LogP contribution in [0.1, 0.15) is 72.3 Å². The van der Waals surface area contributed by atoms with Crippen molar-refractivity contribution in [1.29, 1.82) is 0 Å². The smallest absolute Gasteiger partial charge is 0.328 e. The molecule has 198 valence electrons. The highest BCUT2D eigenvalue weighted by molar-refractivity contribution is 9.09. The number of nitrogens with one attached hydrogen (secondary N) is 1. The van der Waals surface area contributed by atoms with E-state index in [1.165, 1.54) is 7.11 Å². The van der Waals surface area contributed by atoms with Gasteiger partial charge in [0, 0.05) is 5.33 Å². The minimum atomic E-state index is -0.810. The second-order valence-electron chi connectivity index (χ2n) is 10.4. The van der Waals surface area contributed by atoms with Gasteiger partial charge in [-0.1, -0.05) is 41.9 Å². The minimum Gasteiger partial charge on any atom is -0.508 e. The molecule has 0 aliphatic heterocycles. The van der Waals surface area contributed by atoms with Gasteiger partial charge < -0.3 is 19.9 Å². The summed E-state index contributed by atoms with van der Waals surface area (Å²) in [5.41, 5.74) is 0.362. The third-order valence-electron chi connectivity index (χ3n) is 5.60. The molecule has 8 heteroatoms. The number of benzene rings is 1. The van der Waals surface area contributed by atoms with Gasteiger partial charge in [0.15, 0.2) is 0 Å². The molecule has 35 heavy (non-hydrogen) atoms. The molecule has 0 spiro atoms. The van der Waals surface area contributed by atoms with E-state index in [9.17, 15) is 19.5 Å². The van der Waals surface area contributed by atoms with Crippen LogP contribution in [-0.4, -0.2) is 47.0 Å². The summed E-state index contributed by atoms with van der Waals surface area (Å²) in [6.07, 6.45) is 3.45. The van der Waals surface area contributed by atoms with Gasteiger partial charge in [0.1, 0.15) is 17.4 Å². The summed E-state index contributed by atoms with van der Waals surface area (Å²) in [5.74, 6) is -2.08. The molecule has 0 radical (unpaired) electrons. The Kier molecular flexibility index (Phi) is 13.4. The number of hydrogen-bond donors (Lipinski definition) is 2. The molecule has 1 aromatic carbocycles. The van der Waals surface area contributed by atoms with Crippen molar-refractivity contribution in [2.75, 3.05) is 12.4 Å². The maximum atomic E-state index is 13.5. The molecule has 3 atom stereocenters. The van der Waals surface area contributed by atoms with Gasteiger partial charge in [0.05, 0.1) is 18.9 Å². The average Bonchev–Trinajstić information content (AvgIpc) is 2.77. The molecule has 0 saturated heterocycles. The van der Waals surface area contributed by atoms with Crippen LogP contribution in [0.15, 0.2) is 24.3 Å². The van der Waals surface area contributed by atoms with Crippen LogP contribution in [0.3, 0.4) is 0 Å². The highest BCUT2D eigenvalue weighted by Gasteiger charge is 2.38. The molecule has 1 aromatic rings. The van der Waals surface area contributed by atoms with Crippen LogP contribution in [0.5, 0.6) is 5.75 Å². The normalized spacial score (nSPS) is 14.2. The van der Waals surface area contributed by atoms with Crippen molar-refractivity contribution in [3.05, 3.63) is 29.8 Å². The third-order valence-corrected chi connectivity index (χ3v) is 6.16. The Morgan fingerprint density at radius 2 is 1.63 bits per heavy atom. The van der Waals surface area contributed by atoms with E-state index in [1.807, 2.05) is 46.8 Å². The molecule has 0 bridgehead atoms.